The highest BCUT2D eigenvalue weighted by Gasteiger charge is 2.54. The molecule has 46 heavy (non-hydrogen) atoms. The third kappa shape index (κ3) is 8.31. The second-order valence-corrected chi connectivity index (χ2v) is 12.4. The maximum atomic E-state index is 11.5. The van der Waals surface area contributed by atoms with Gasteiger partial charge in [0.1, 0.15) is 48.8 Å². The molecule has 4 fully saturated rings. The molecule has 3 aliphatic heterocycles. The van der Waals surface area contributed by atoms with Crippen molar-refractivity contribution < 1.29 is 64.2 Å². The van der Waals surface area contributed by atoms with Gasteiger partial charge in [-0.2, -0.15) is 0 Å². The van der Waals surface area contributed by atoms with Gasteiger partial charge < -0.3 is 104 Å². The highest BCUT2D eigenvalue weighted by molar-refractivity contribution is 5.02. The first kappa shape index (κ1) is 38.0. The number of nitrogens with one attached hydrogen (secondary N) is 1. The van der Waals surface area contributed by atoms with E-state index in [0.717, 1.165) is 0 Å². The Hall–Kier alpha value is -0.800. The number of ether oxygens (including phenoxy) is 6. The molecule has 1 saturated carbocycles. The molecule has 20 nitrogen and oxygen atoms in total. The van der Waals surface area contributed by atoms with Crippen molar-refractivity contribution in [3.63, 3.8) is 0 Å². The fourth-order valence-corrected chi connectivity index (χ4v) is 6.23. The maximum absolute atomic E-state index is 11.5. The molecule has 0 aromatic carbocycles. The van der Waals surface area contributed by atoms with Crippen LogP contribution in [-0.2, 0) is 28.4 Å². The molecule has 270 valence electrons. The van der Waals surface area contributed by atoms with Gasteiger partial charge in [-0.05, 0) is 6.42 Å². The number of aliphatic hydroxyl groups is 7. The van der Waals surface area contributed by atoms with Gasteiger partial charge in [0.2, 0.25) is 0 Å². The van der Waals surface area contributed by atoms with Gasteiger partial charge in [0.15, 0.2) is 18.9 Å². The van der Waals surface area contributed by atoms with E-state index in [2.05, 4.69) is 5.32 Å². The summed E-state index contributed by atoms with van der Waals surface area (Å²) in [7, 11) is 0. The summed E-state index contributed by atoms with van der Waals surface area (Å²) in [6, 6.07) is -3.80. The Morgan fingerprint density at radius 1 is 0.696 bits per heavy atom. The van der Waals surface area contributed by atoms with Crippen LogP contribution in [0.1, 0.15) is 12.8 Å². The van der Waals surface area contributed by atoms with Crippen LogP contribution in [0.2, 0.25) is 0 Å². The molecule has 3 heterocycles. The normalized spacial score (nSPS) is 49.2. The van der Waals surface area contributed by atoms with E-state index in [0.29, 0.717) is 0 Å². The zero-order valence-electron chi connectivity index (χ0n) is 25.5. The molecular formula is C26H53N7O13. The second kappa shape index (κ2) is 16.7. The van der Waals surface area contributed by atoms with Crippen LogP contribution in [0.3, 0.4) is 0 Å². The summed E-state index contributed by atoms with van der Waals surface area (Å²) < 4.78 is 35.4. The minimum Gasteiger partial charge on any atom is -0.394 e. The second-order valence-electron chi connectivity index (χ2n) is 12.4. The molecule has 4 aliphatic rings. The largest absolute Gasteiger partial charge is 0.394 e. The molecule has 0 aromatic rings. The van der Waals surface area contributed by atoms with E-state index < -0.39 is 123 Å². The molecule has 1 aliphatic carbocycles. The van der Waals surface area contributed by atoms with Gasteiger partial charge in [-0.3, -0.25) is 0 Å². The SMILES string of the molecule is NCC(O)CN[C@@H]1C[C@H](N)[C@@H](O[C@H]2O[C@H](CN)C[C@@H](O)[C@H]2N)C(O[C@@H]2O[C@H](CO)[C@@H](O[C@H]3O[C@@H](CN)[C@@H](O)[C@H](O)[C@H]3N)[C@H]2O)[C@H]1O. The first-order chi connectivity index (χ1) is 21.8. The lowest BCUT2D eigenvalue weighted by Crippen LogP contribution is -2.67. The van der Waals surface area contributed by atoms with Crippen molar-refractivity contribution in [2.24, 2.45) is 34.4 Å². The summed E-state index contributed by atoms with van der Waals surface area (Å²) in [6.07, 6.45) is -18.0. The minimum absolute atomic E-state index is 0.0290. The first-order valence-electron chi connectivity index (χ1n) is 15.6. The van der Waals surface area contributed by atoms with Crippen molar-refractivity contribution in [3.05, 3.63) is 0 Å². The Kier molecular flexibility index (Phi) is 13.8. The molecular weight excluding hydrogens is 618 g/mol. The fourth-order valence-electron chi connectivity index (χ4n) is 6.23. The topological polar surface area (TPSA) is 365 Å². The van der Waals surface area contributed by atoms with Crippen LogP contribution in [0.5, 0.6) is 0 Å². The summed E-state index contributed by atoms with van der Waals surface area (Å²) in [5.74, 6) is 0. The molecule has 0 spiro atoms. The summed E-state index contributed by atoms with van der Waals surface area (Å²) in [4.78, 5) is 0. The minimum atomic E-state index is -1.61. The molecule has 2 unspecified atom stereocenters. The highest BCUT2D eigenvalue weighted by Crippen LogP contribution is 2.34. The van der Waals surface area contributed by atoms with E-state index in [1.807, 2.05) is 0 Å². The number of hydrogen-bond donors (Lipinski definition) is 14. The number of nitrogens with two attached hydrogens (primary N) is 6. The Morgan fingerprint density at radius 3 is 1.96 bits per heavy atom. The lowest BCUT2D eigenvalue weighted by Gasteiger charge is -2.47. The van der Waals surface area contributed by atoms with E-state index in [1.165, 1.54) is 0 Å². The lowest BCUT2D eigenvalue weighted by atomic mass is 9.83. The monoisotopic (exact) mass is 671 g/mol. The average molecular weight is 672 g/mol. The lowest BCUT2D eigenvalue weighted by molar-refractivity contribution is -0.295. The maximum Gasteiger partial charge on any atom is 0.187 e. The summed E-state index contributed by atoms with van der Waals surface area (Å²) in [6.45, 7) is -0.731. The summed E-state index contributed by atoms with van der Waals surface area (Å²) in [5.41, 5.74) is 35.6. The molecule has 0 amide bonds. The number of rotatable bonds is 13. The molecule has 20 heteroatoms. The Labute approximate surface area is 266 Å². The van der Waals surface area contributed by atoms with Gasteiger partial charge in [0.05, 0.1) is 43.1 Å². The van der Waals surface area contributed by atoms with Crippen molar-refractivity contribution in [1.29, 1.82) is 0 Å². The quantitative estimate of drug-likeness (QED) is 0.0863. The fraction of sp³-hybridized carbons (Fsp3) is 1.00. The van der Waals surface area contributed by atoms with E-state index in [4.69, 9.17) is 62.8 Å². The van der Waals surface area contributed by atoms with E-state index in [1.54, 1.807) is 0 Å². The molecule has 0 bridgehead atoms. The Morgan fingerprint density at radius 2 is 1.33 bits per heavy atom. The third-order valence-corrected chi connectivity index (χ3v) is 9.09. The highest BCUT2D eigenvalue weighted by atomic mass is 16.8. The smallest absolute Gasteiger partial charge is 0.187 e. The zero-order valence-corrected chi connectivity index (χ0v) is 25.5. The van der Waals surface area contributed by atoms with Crippen LogP contribution in [0.4, 0.5) is 0 Å². The van der Waals surface area contributed by atoms with Crippen LogP contribution in [0.25, 0.3) is 0 Å². The van der Waals surface area contributed by atoms with Crippen molar-refractivity contribution >= 4 is 0 Å². The average Bonchev–Trinajstić information content (AvgIpc) is 3.34. The Balaban J connectivity index is 1.54. The third-order valence-electron chi connectivity index (χ3n) is 9.09. The van der Waals surface area contributed by atoms with Gasteiger partial charge in [-0.15, -0.1) is 0 Å². The van der Waals surface area contributed by atoms with E-state index >= 15 is 0 Å². The summed E-state index contributed by atoms with van der Waals surface area (Å²) >= 11 is 0. The van der Waals surface area contributed by atoms with E-state index in [-0.39, 0.29) is 39.0 Å². The molecule has 3 saturated heterocycles. The van der Waals surface area contributed by atoms with Crippen LogP contribution in [0, 0.1) is 0 Å². The molecule has 19 atom stereocenters. The van der Waals surface area contributed by atoms with E-state index in [9.17, 15) is 35.7 Å². The molecule has 0 aromatic heterocycles. The van der Waals surface area contributed by atoms with Gasteiger partial charge in [-0.1, -0.05) is 0 Å². The predicted molar refractivity (Wildman–Crippen MR) is 156 cm³/mol. The van der Waals surface area contributed by atoms with Crippen LogP contribution in [-0.4, -0.2) is 185 Å². The standard InChI is InChI=1S/C26H53N7O13/c27-3-8(35)6-33-11-2-10(30)21(44-24-15(31)12(36)1-9(4-28)41-24)23(17(11)37)46-26-20(40)22(14(7-34)43-26)45-25-16(32)19(39)18(38)13(5-29)42-25/h8-26,33-40H,1-7,27-32H2/t8?,9-,10-,11+,12+,13-,14+,15+,16+,17-,18+,19+,20+,21+,22+,23?,24+,25+,26-/m0/s1. The number of hydrogen-bond acceptors (Lipinski definition) is 20. The van der Waals surface area contributed by atoms with Gasteiger partial charge in [0, 0.05) is 44.7 Å². The van der Waals surface area contributed by atoms with Crippen molar-refractivity contribution in [2.75, 3.05) is 32.8 Å². The van der Waals surface area contributed by atoms with Crippen molar-refractivity contribution in [3.8, 4) is 0 Å². The van der Waals surface area contributed by atoms with Crippen LogP contribution < -0.4 is 39.7 Å². The first-order valence-corrected chi connectivity index (χ1v) is 15.6. The predicted octanol–water partition coefficient (Wildman–Crippen LogP) is -8.92. The van der Waals surface area contributed by atoms with Crippen LogP contribution in [0.15, 0.2) is 0 Å². The van der Waals surface area contributed by atoms with Crippen molar-refractivity contribution in [2.45, 2.75) is 129 Å². The summed E-state index contributed by atoms with van der Waals surface area (Å²) in [5, 5.41) is 76.9. The van der Waals surface area contributed by atoms with Gasteiger partial charge in [-0.25, -0.2) is 0 Å². The molecule has 0 radical (unpaired) electrons. The Bertz CT molecular complexity index is 935. The van der Waals surface area contributed by atoms with Crippen molar-refractivity contribution in [1.82, 2.24) is 5.32 Å². The van der Waals surface area contributed by atoms with Gasteiger partial charge in [0.25, 0.3) is 0 Å². The van der Waals surface area contributed by atoms with Gasteiger partial charge >= 0.3 is 0 Å². The molecule has 4 rings (SSSR count). The number of aliphatic hydroxyl groups excluding tert-OH is 7. The zero-order chi connectivity index (χ0) is 33.9. The van der Waals surface area contributed by atoms with Crippen LogP contribution >= 0.6 is 0 Å². The molecule has 20 N–H and O–H groups in total.